The number of hydrogen-bond acceptors (Lipinski definition) is 4. The molecule has 0 aromatic rings. The van der Waals surface area contributed by atoms with Crippen LogP contribution in [0.25, 0.3) is 0 Å². The number of carboxylic acids is 2. The molecule has 0 fully saturated rings. The van der Waals surface area contributed by atoms with E-state index < -0.39 is 11.9 Å². The van der Waals surface area contributed by atoms with Gasteiger partial charge in [0.1, 0.15) is 0 Å². The van der Waals surface area contributed by atoms with E-state index in [0.29, 0.717) is 0 Å². The summed E-state index contributed by atoms with van der Waals surface area (Å²) in [5.41, 5.74) is 0.130. The molecular formula is C8H10O4Y+. The normalized spacial score (nSPS) is 6.92. The second kappa shape index (κ2) is 9.61. The number of carbonyl (C=O) groups excluding carboxylic acids is 2. The van der Waals surface area contributed by atoms with E-state index in [9.17, 15) is 19.8 Å². The molecule has 4 nitrogen and oxygen atoms in total. The van der Waals surface area contributed by atoms with Crippen molar-refractivity contribution < 1.29 is 52.5 Å². The maximum absolute atomic E-state index is 9.49. The van der Waals surface area contributed by atoms with E-state index in [-0.39, 0.29) is 43.9 Å². The number of aliphatic carboxylic acids is 2. The van der Waals surface area contributed by atoms with Crippen LogP contribution in [0.4, 0.5) is 0 Å². The molecule has 0 bridgehead atoms. The third-order valence-electron chi connectivity index (χ3n) is 0.697. The predicted molar refractivity (Wildman–Crippen MR) is 39.6 cm³/mol. The Morgan fingerprint density at radius 3 is 1.00 bits per heavy atom. The van der Waals surface area contributed by atoms with Gasteiger partial charge in [-0.15, -0.1) is 0 Å². The van der Waals surface area contributed by atoms with Crippen molar-refractivity contribution in [2.45, 2.75) is 13.8 Å². The van der Waals surface area contributed by atoms with Crippen molar-refractivity contribution in [3.63, 3.8) is 0 Å². The maximum atomic E-state index is 9.49. The van der Waals surface area contributed by atoms with Gasteiger partial charge in [0.2, 0.25) is 0 Å². The second-order valence-electron chi connectivity index (χ2n) is 2.14. The first kappa shape index (κ1) is 18.3. The fourth-order valence-electron chi connectivity index (χ4n) is 0. The average Bonchev–Trinajstić information content (AvgIpc) is 1.88. The molecule has 0 atom stereocenters. The number of hydrogen-bond donors (Lipinski definition) is 0. The number of carboxylic acid groups (broad SMARTS) is 2. The molecule has 0 amide bonds. The third kappa shape index (κ3) is 18.5. The quantitative estimate of drug-likeness (QED) is 0.572. The van der Waals surface area contributed by atoms with Crippen molar-refractivity contribution in [3.05, 3.63) is 24.3 Å². The Hall–Kier alpha value is -0.476. The minimum Gasteiger partial charge on any atom is -0.545 e. The molecule has 0 rings (SSSR count). The Morgan fingerprint density at radius 1 is 0.923 bits per heavy atom. The van der Waals surface area contributed by atoms with Crippen LogP contribution in [0.2, 0.25) is 0 Å². The Kier molecular flexibility index (Phi) is 13.6. The maximum Gasteiger partial charge on any atom is 3.00 e. The minimum absolute atomic E-state index is 0. The Labute approximate surface area is 102 Å². The summed E-state index contributed by atoms with van der Waals surface area (Å²) in [6, 6.07) is 0. The van der Waals surface area contributed by atoms with Crippen molar-refractivity contribution in [1.29, 1.82) is 0 Å². The Bertz CT molecular complexity index is 172. The van der Waals surface area contributed by atoms with Crippen LogP contribution in [0.15, 0.2) is 24.3 Å². The molecule has 0 aromatic carbocycles. The molecule has 0 aliphatic carbocycles. The first-order valence-corrected chi connectivity index (χ1v) is 3.02. The molecule has 0 saturated carbocycles. The topological polar surface area (TPSA) is 80.3 Å². The molecule has 0 heterocycles. The molecule has 0 radical (unpaired) electrons. The molecular weight excluding hydrogens is 249 g/mol. The fourth-order valence-corrected chi connectivity index (χ4v) is 0. The van der Waals surface area contributed by atoms with Crippen molar-refractivity contribution in [1.82, 2.24) is 0 Å². The van der Waals surface area contributed by atoms with Gasteiger partial charge in [0.25, 0.3) is 0 Å². The van der Waals surface area contributed by atoms with E-state index in [4.69, 9.17) is 0 Å². The summed E-state index contributed by atoms with van der Waals surface area (Å²) in [6.45, 7) is 8.95. The van der Waals surface area contributed by atoms with Gasteiger partial charge in [0.05, 0.1) is 11.9 Å². The van der Waals surface area contributed by atoms with Crippen molar-refractivity contribution in [2.75, 3.05) is 0 Å². The van der Waals surface area contributed by atoms with Crippen LogP contribution < -0.4 is 10.2 Å². The molecule has 68 valence electrons. The van der Waals surface area contributed by atoms with Gasteiger partial charge in [-0.3, -0.25) is 0 Å². The smallest absolute Gasteiger partial charge is 0.545 e. The van der Waals surface area contributed by atoms with Gasteiger partial charge in [-0.05, 0) is 25.0 Å². The van der Waals surface area contributed by atoms with E-state index >= 15 is 0 Å². The van der Waals surface area contributed by atoms with Crippen LogP contribution in [-0.4, -0.2) is 11.9 Å². The monoisotopic (exact) mass is 259 g/mol. The Balaban J connectivity index is -0.000000143. The van der Waals surface area contributed by atoms with Crippen LogP contribution in [0.1, 0.15) is 13.8 Å². The van der Waals surface area contributed by atoms with Gasteiger partial charge < -0.3 is 19.8 Å². The summed E-state index contributed by atoms with van der Waals surface area (Å²) in [5, 5.41) is 19.0. The van der Waals surface area contributed by atoms with Crippen molar-refractivity contribution >= 4 is 11.9 Å². The van der Waals surface area contributed by atoms with Crippen molar-refractivity contribution in [2.24, 2.45) is 0 Å². The number of rotatable bonds is 2. The molecule has 0 aliphatic rings. The van der Waals surface area contributed by atoms with E-state index in [0.717, 1.165) is 0 Å². The molecule has 0 spiro atoms. The van der Waals surface area contributed by atoms with Gasteiger partial charge >= 0.3 is 32.7 Å². The van der Waals surface area contributed by atoms with Crippen LogP contribution in [0.5, 0.6) is 0 Å². The van der Waals surface area contributed by atoms with Gasteiger partial charge in [-0.25, -0.2) is 0 Å². The summed E-state index contributed by atoms with van der Waals surface area (Å²) in [7, 11) is 0. The standard InChI is InChI=1S/2C4H6O2.Y/c2*1-3(2)4(5)6;/h2*1H2,2H3,(H,5,6);/q;;+3/p-2. The molecule has 0 N–H and O–H groups in total. The van der Waals surface area contributed by atoms with Crippen molar-refractivity contribution in [3.8, 4) is 0 Å². The molecule has 0 unspecified atom stereocenters. The summed E-state index contributed by atoms with van der Waals surface area (Å²) >= 11 is 0. The van der Waals surface area contributed by atoms with Gasteiger partial charge in [0, 0.05) is 0 Å². The largest absolute Gasteiger partial charge is 3.00 e. The molecule has 0 saturated heterocycles. The van der Waals surface area contributed by atoms with E-state index in [1.807, 2.05) is 0 Å². The zero-order valence-electron chi connectivity index (χ0n) is 7.62. The van der Waals surface area contributed by atoms with E-state index in [1.165, 1.54) is 13.8 Å². The zero-order chi connectivity index (χ0) is 10.3. The number of carbonyl (C=O) groups is 2. The molecule has 13 heavy (non-hydrogen) atoms. The zero-order valence-corrected chi connectivity index (χ0v) is 10.5. The van der Waals surface area contributed by atoms with Gasteiger partial charge in [-0.1, -0.05) is 13.2 Å². The summed E-state index contributed by atoms with van der Waals surface area (Å²) in [6.07, 6.45) is 0. The van der Waals surface area contributed by atoms with Gasteiger partial charge in [0.15, 0.2) is 0 Å². The predicted octanol–water partition coefficient (Wildman–Crippen LogP) is -1.38. The minimum atomic E-state index is -1.19. The molecule has 5 heteroatoms. The van der Waals surface area contributed by atoms with E-state index in [2.05, 4.69) is 13.2 Å². The van der Waals surface area contributed by atoms with Gasteiger partial charge in [-0.2, -0.15) is 0 Å². The first-order chi connectivity index (χ1) is 5.29. The fraction of sp³-hybridized carbons (Fsp3) is 0.250. The van der Waals surface area contributed by atoms with Crippen LogP contribution >= 0.6 is 0 Å². The Morgan fingerprint density at radius 2 is 1.00 bits per heavy atom. The first-order valence-electron chi connectivity index (χ1n) is 3.02. The molecule has 0 aliphatic heterocycles. The second-order valence-corrected chi connectivity index (χ2v) is 2.14. The summed E-state index contributed by atoms with van der Waals surface area (Å²) in [5.74, 6) is -2.37. The summed E-state index contributed by atoms with van der Waals surface area (Å²) in [4.78, 5) is 19.0. The third-order valence-corrected chi connectivity index (χ3v) is 0.697. The van der Waals surface area contributed by atoms with Crippen LogP contribution in [-0.2, 0) is 42.3 Å². The average molecular weight is 259 g/mol. The molecule has 0 aromatic heterocycles. The van der Waals surface area contributed by atoms with E-state index in [1.54, 1.807) is 0 Å². The SMILES string of the molecule is C=C(C)C(=O)[O-].C=C(C)C(=O)[O-].[Y+3]. The summed E-state index contributed by atoms with van der Waals surface area (Å²) < 4.78 is 0. The van der Waals surface area contributed by atoms with Crippen LogP contribution in [0, 0.1) is 0 Å². The van der Waals surface area contributed by atoms with Crippen LogP contribution in [0.3, 0.4) is 0 Å².